The zero-order chi connectivity index (χ0) is 22.6. The number of para-hydroxylation sites is 1. The molecule has 32 heavy (non-hydrogen) atoms. The number of hydrazine groups is 1. The Labute approximate surface area is 180 Å². The van der Waals surface area contributed by atoms with Crippen molar-refractivity contribution in [1.82, 2.24) is 10.4 Å². The third-order valence-corrected chi connectivity index (χ3v) is 5.68. The fourth-order valence-electron chi connectivity index (χ4n) is 4.21. The molecule has 6 nitrogen and oxygen atoms in total. The molecule has 0 bridgehead atoms. The molecule has 1 aromatic heterocycles. The van der Waals surface area contributed by atoms with E-state index in [1.54, 1.807) is 12.1 Å². The number of halogens is 3. The van der Waals surface area contributed by atoms with E-state index >= 15 is 0 Å². The molecule has 162 valence electrons. The van der Waals surface area contributed by atoms with Crippen molar-refractivity contribution in [2.75, 3.05) is 7.05 Å². The molecule has 2 aliphatic heterocycles. The maximum absolute atomic E-state index is 13.1. The van der Waals surface area contributed by atoms with E-state index in [9.17, 15) is 18.4 Å². The largest absolute Gasteiger partial charge is 0.459 e. The van der Waals surface area contributed by atoms with Gasteiger partial charge < -0.3 is 14.9 Å². The summed E-state index contributed by atoms with van der Waals surface area (Å²) in [4.78, 5) is 0. The fraction of sp³-hybridized carbons (Fsp3) is 0.174. The molecular formula is C23H17F3N4O2. The van der Waals surface area contributed by atoms with Gasteiger partial charge in [-0.25, -0.2) is 5.43 Å². The molecule has 0 saturated heterocycles. The molecule has 2 atom stereocenters. The van der Waals surface area contributed by atoms with Crippen LogP contribution in [0.25, 0.3) is 11.0 Å². The van der Waals surface area contributed by atoms with Crippen molar-refractivity contribution < 1.29 is 22.3 Å². The summed E-state index contributed by atoms with van der Waals surface area (Å²) >= 11 is 0. The average molecular weight is 438 g/mol. The predicted molar refractivity (Wildman–Crippen MR) is 109 cm³/mol. The van der Waals surface area contributed by atoms with Crippen molar-refractivity contribution in [2.24, 2.45) is 5.73 Å². The predicted octanol–water partition coefficient (Wildman–Crippen LogP) is 4.66. The van der Waals surface area contributed by atoms with Crippen LogP contribution < -0.4 is 11.2 Å². The zero-order valence-corrected chi connectivity index (χ0v) is 16.8. The number of ether oxygens (including phenoxy) is 1. The van der Waals surface area contributed by atoms with Crippen molar-refractivity contribution in [1.29, 1.82) is 5.26 Å². The Bertz CT molecular complexity index is 1280. The number of nitrogens with one attached hydrogen (secondary N) is 1. The van der Waals surface area contributed by atoms with Crippen LogP contribution >= 0.6 is 0 Å². The lowest BCUT2D eigenvalue weighted by Gasteiger charge is -2.27. The lowest BCUT2D eigenvalue weighted by atomic mass is 9.80. The van der Waals surface area contributed by atoms with Crippen molar-refractivity contribution >= 4 is 11.0 Å². The second-order valence-electron chi connectivity index (χ2n) is 7.61. The van der Waals surface area contributed by atoms with Gasteiger partial charge in [-0.05, 0) is 29.8 Å². The van der Waals surface area contributed by atoms with Gasteiger partial charge in [0.05, 0.1) is 11.5 Å². The molecule has 2 aliphatic rings. The van der Waals surface area contributed by atoms with Gasteiger partial charge in [-0.1, -0.05) is 30.3 Å². The van der Waals surface area contributed by atoms with Gasteiger partial charge in [0, 0.05) is 18.0 Å². The maximum atomic E-state index is 13.1. The molecule has 0 spiro atoms. The first-order chi connectivity index (χ1) is 15.3. The highest BCUT2D eigenvalue weighted by Gasteiger charge is 2.44. The van der Waals surface area contributed by atoms with Gasteiger partial charge in [0.1, 0.15) is 29.0 Å². The minimum atomic E-state index is -4.46. The van der Waals surface area contributed by atoms with Gasteiger partial charge in [-0.2, -0.15) is 18.4 Å². The Morgan fingerprint density at radius 2 is 1.84 bits per heavy atom. The van der Waals surface area contributed by atoms with Crippen LogP contribution in [-0.4, -0.2) is 12.1 Å². The van der Waals surface area contributed by atoms with E-state index < -0.39 is 23.7 Å². The molecule has 0 amide bonds. The fourth-order valence-corrected chi connectivity index (χ4v) is 4.21. The first-order valence-corrected chi connectivity index (χ1v) is 9.75. The number of benzene rings is 2. The smallest absolute Gasteiger partial charge is 0.416 e. The van der Waals surface area contributed by atoms with Crippen molar-refractivity contribution in [3.8, 4) is 6.07 Å². The third kappa shape index (κ3) is 3.08. The van der Waals surface area contributed by atoms with Crippen LogP contribution in [0.4, 0.5) is 13.2 Å². The van der Waals surface area contributed by atoms with Crippen LogP contribution in [0.3, 0.4) is 0 Å². The van der Waals surface area contributed by atoms with Crippen LogP contribution in [0.5, 0.6) is 0 Å². The van der Waals surface area contributed by atoms with Crippen LogP contribution in [-0.2, 0) is 10.9 Å². The molecule has 3 aromatic rings. The zero-order valence-electron chi connectivity index (χ0n) is 16.8. The summed E-state index contributed by atoms with van der Waals surface area (Å²) in [5.41, 5.74) is 10.4. The number of furan rings is 1. The summed E-state index contributed by atoms with van der Waals surface area (Å²) in [6, 6.07) is 15.7. The van der Waals surface area contributed by atoms with Crippen molar-refractivity contribution in [2.45, 2.75) is 18.1 Å². The van der Waals surface area contributed by atoms with E-state index in [1.807, 2.05) is 30.3 Å². The summed E-state index contributed by atoms with van der Waals surface area (Å²) in [6.45, 7) is 0. The molecule has 0 radical (unpaired) electrons. The quantitative estimate of drug-likeness (QED) is 0.605. The van der Waals surface area contributed by atoms with Gasteiger partial charge >= 0.3 is 6.18 Å². The summed E-state index contributed by atoms with van der Waals surface area (Å²) < 4.78 is 51.0. The molecule has 2 unspecified atom stereocenters. The lowest BCUT2D eigenvalue weighted by Crippen LogP contribution is -2.30. The lowest BCUT2D eigenvalue weighted by molar-refractivity contribution is -0.137. The number of nitriles is 1. The van der Waals surface area contributed by atoms with E-state index in [0.717, 1.165) is 17.5 Å². The number of nitrogens with two attached hydrogens (primary N) is 1. The van der Waals surface area contributed by atoms with E-state index in [2.05, 4.69) is 11.5 Å². The normalized spacial score (nSPS) is 21.0. The summed E-state index contributed by atoms with van der Waals surface area (Å²) in [7, 11) is 1.73. The van der Waals surface area contributed by atoms with E-state index in [1.165, 1.54) is 12.1 Å². The number of alkyl halides is 3. The van der Waals surface area contributed by atoms with Gasteiger partial charge in [0.25, 0.3) is 0 Å². The highest BCUT2D eigenvalue weighted by molar-refractivity contribution is 5.78. The Morgan fingerprint density at radius 3 is 2.50 bits per heavy atom. The van der Waals surface area contributed by atoms with Gasteiger partial charge in [-0.3, -0.25) is 5.01 Å². The first kappa shape index (κ1) is 20.0. The van der Waals surface area contributed by atoms with Crippen LogP contribution in [0.2, 0.25) is 0 Å². The molecule has 9 heteroatoms. The maximum Gasteiger partial charge on any atom is 0.416 e. The van der Waals surface area contributed by atoms with Crippen LogP contribution in [0.1, 0.15) is 28.8 Å². The second-order valence-corrected chi connectivity index (χ2v) is 7.61. The molecule has 0 aliphatic carbocycles. The van der Waals surface area contributed by atoms with Crippen LogP contribution in [0, 0.1) is 11.3 Å². The topological polar surface area (TPSA) is 87.4 Å². The Kier molecular flexibility index (Phi) is 4.42. The highest BCUT2D eigenvalue weighted by atomic mass is 19.4. The SMILES string of the molecule is CN1NC(c2cc3ccccc3o2)C2=C1OC(N)=C(C#N)C2c1ccc(C(F)(F)F)cc1. The second kappa shape index (κ2) is 7.07. The third-order valence-electron chi connectivity index (χ3n) is 5.68. The standard InChI is InChI=1S/C23H17F3N4O2/c1-30-22-19(20(29-30)17-10-13-4-2-3-5-16(13)31-17)18(15(11-27)21(28)32-22)12-6-8-14(9-7-12)23(24,25)26/h2-10,18,20,29H,28H2,1H3. The molecule has 2 aromatic carbocycles. The number of allylic oxidation sites excluding steroid dienone is 1. The van der Waals surface area contributed by atoms with E-state index in [4.69, 9.17) is 14.9 Å². The number of hydrogen-bond donors (Lipinski definition) is 2. The Balaban J connectivity index is 1.64. The number of nitrogens with zero attached hydrogens (tertiary/aromatic N) is 2. The highest BCUT2D eigenvalue weighted by Crippen LogP contribution is 2.49. The molecule has 5 rings (SSSR count). The minimum Gasteiger partial charge on any atom is -0.459 e. The summed E-state index contributed by atoms with van der Waals surface area (Å²) in [6.07, 6.45) is -4.46. The average Bonchev–Trinajstić information content (AvgIpc) is 3.33. The van der Waals surface area contributed by atoms with Crippen LogP contribution in [0.15, 0.2) is 81.9 Å². The molecule has 0 fully saturated rings. The van der Waals surface area contributed by atoms with Gasteiger partial charge in [-0.15, -0.1) is 0 Å². The van der Waals surface area contributed by atoms with E-state index in [-0.39, 0.29) is 11.5 Å². The van der Waals surface area contributed by atoms with E-state index in [0.29, 0.717) is 28.4 Å². The van der Waals surface area contributed by atoms with Gasteiger partial charge in [0.15, 0.2) is 0 Å². The Morgan fingerprint density at radius 1 is 1.12 bits per heavy atom. The number of hydrogen-bond acceptors (Lipinski definition) is 6. The summed E-state index contributed by atoms with van der Waals surface area (Å²) in [5, 5.41) is 12.3. The number of fused-ring (bicyclic) bond motifs is 1. The molecule has 3 heterocycles. The van der Waals surface area contributed by atoms with Crippen molar-refractivity contribution in [3.05, 3.63) is 94.4 Å². The number of rotatable bonds is 2. The van der Waals surface area contributed by atoms with Crippen molar-refractivity contribution in [3.63, 3.8) is 0 Å². The monoisotopic (exact) mass is 438 g/mol. The molecule has 0 saturated carbocycles. The Hall–Kier alpha value is -3.90. The molecular weight excluding hydrogens is 421 g/mol. The summed E-state index contributed by atoms with van der Waals surface area (Å²) in [5.74, 6) is 0.176. The molecule has 3 N–H and O–H groups in total. The minimum absolute atomic E-state index is 0.0879. The van der Waals surface area contributed by atoms with Gasteiger partial charge in [0.2, 0.25) is 11.8 Å². The first-order valence-electron chi connectivity index (χ1n) is 9.75.